The van der Waals surface area contributed by atoms with Gasteiger partial charge < -0.3 is 14.6 Å². The number of nitrogens with zero attached hydrogens (tertiary/aromatic N) is 2. The first-order valence-electron chi connectivity index (χ1n) is 6.09. The average molecular weight is 320 g/mol. The summed E-state index contributed by atoms with van der Waals surface area (Å²) in [5.74, 6) is -1.50. The van der Waals surface area contributed by atoms with Gasteiger partial charge in [0.05, 0.1) is 16.9 Å². The third kappa shape index (κ3) is 3.84. The molecule has 0 aliphatic heterocycles. The van der Waals surface area contributed by atoms with Gasteiger partial charge in [-0.1, -0.05) is 16.8 Å². The molecule has 1 amide bonds. The number of ether oxygens (including phenoxy) is 1. The third-order valence-electron chi connectivity index (χ3n) is 2.54. The molecular formula is C14H10ClN3O4. The van der Waals surface area contributed by atoms with Crippen molar-refractivity contribution in [3.05, 3.63) is 46.3 Å². The summed E-state index contributed by atoms with van der Waals surface area (Å²) in [7, 11) is 0. The van der Waals surface area contributed by atoms with Crippen molar-refractivity contribution in [2.24, 2.45) is 0 Å². The van der Waals surface area contributed by atoms with Gasteiger partial charge in [0.1, 0.15) is 6.07 Å². The lowest BCUT2D eigenvalue weighted by Gasteiger charge is -2.07. The molecule has 0 unspecified atom stereocenters. The summed E-state index contributed by atoms with van der Waals surface area (Å²) >= 11 is 5.80. The minimum atomic E-state index is -0.803. The fourth-order valence-electron chi connectivity index (χ4n) is 1.57. The molecule has 1 N–H and O–H groups in total. The zero-order chi connectivity index (χ0) is 16.1. The van der Waals surface area contributed by atoms with Crippen LogP contribution in [0, 0.1) is 18.3 Å². The molecule has 1 heterocycles. The zero-order valence-electron chi connectivity index (χ0n) is 11.4. The highest BCUT2D eigenvalue weighted by Gasteiger charge is 2.15. The second-order valence-electron chi connectivity index (χ2n) is 4.26. The first-order chi connectivity index (χ1) is 10.5. The van der Waals surface area contributed by atoms with Crippen LogP contribution in [0.15, 0.2) is 28.8 Å². The zero-order valence-corrected chi connectivity index (χ0v) is 12.2. The van der Waals surface area contributed by atoms with Gasteiger partial charge >= 0.3 is 5.97 Å². The van der Waals surface area contributed by atoms with Crippen molar-refractivity contribution in [1.82, 2.24) is 5.16 Å². The number of aromatic nitrogens is 1. The molecule has 0 radical (unpaired) electrons. The normalized spacial score (nSPS) is 9.86. The van der Waals surface area contributed by atoms with Crippen molar-refractivity contribution in [3.63, 3.8) is 0 Å². The minimum Gasteiger partial charge on any atom is -0.450 e. The Morgan fingerprint density at radius 3 is 2.86 bits per heavy atom. The fraction of sp³-hybridized carbons (Fsp3) is 0.143. The van der Waals surface area contributed by atoms with Gasteiger partial charge in [0.25, 0.3) is 5.91 Å². The molecule has 0 aliphatic rings. The number of halogens is 1. The number of hydrogen-bond acceptors (Lipinski definition) is 6. The second kappa shape index (κ2) is 6.74. The number of benzene rings is 1. The van der Waals surface area contributed by atoms with E-state index in [0.29, 0.717) is 10.7 Å². The molecule has 1 aromatic heterocycles. The van der Waals surface area contributed by atoms with Crippen LogP contribution in [0.4, 0.5) is 5.69 Å². The van der Waals surface area contributed by atoms with Crippen molar-refractivity contribution in [2.45, 2.75) is 6.92 Å². The number of hydrogen-bond donors (Lipinski definition) is 1. The molecular weight excluding hydrogens is 310 g/mol. The van der Waals surface area contributed by atoms with Gasteiger partial charge in [0, 0.05) is 11.1 Å². The number of amides is 1. The Balaban J connectivity index is 1.95. The molecule has 0 bridgehead atoms. The molecule has 0 atom stereocenters. The van der Waals surface area contributed by atoms with Gasteiger partial charge in [0.2, 0.25) is 5.76 Å². The van der Waals surface area contributed by atoms with Crippen LogP contribution in [0.2, 0.25) is 5.02 Å². The SMILES string of the molecule is Cc1cc(C(=O)OCC(=O)Nc2cc(Cl)ccc2C#N)on1. The van der Waals surface area contributed by atoms with Crippen LogP contribution in [-0.4, -0.2) is 23.6 Å². The molecule has 0 aliphatic carbocycles. The Kier molecular flexibility index (Phi) is 4.76. The van der Waals surface area contributed by atoms with E-state index in [4.69, 9.17) is 26.1 Å². The van der Waals surface area contributed by atoms with Crippen LogP contribution < -0.4 is 5.32 Å². The molecule has 7 nitrogen and oxygen atoms in total. The molecule has 8 heteroatoms. The number of nitrogens with one attached hydrogen (secondary N) is 1. The van der Waals surface area contributed by atoms with Gasteiger partial charge in [-0.3, -0.25) is 4.79 Å². The summed E-state index contributed by atoms with van der Waals surface area (Å²) in [6.07, 6.45) is 0. The average Bonchev–Trinajstić information content (AvgIpc) is 2.92. The monoisotopic (exact) mass is 319 g/mol. The molecule has 2 aromatic rings. The minimum absolute atomic E-state index is 0.0919. The first-order valence-corrected chi connectivity index (χ1v) is 6.47. The largest absolute Gasteiger partial charge is 0.450 e. The van der Waals surface area contributed by atoms with E-state index in [1.54, 1.807) is 6.92 Å². The van der Waals surface area contributed by atoms with Gasteiger partial charge in [-0.15, -0.1) is 0 Å². The number of carbonyl (C=O) groups excluding carboxylic acids is 2. The quantitative estimate of drug-likeness (QED) is 0.867. The maximum absolute atomic E-state index is 11.7. The maximum Gasteiger partial charge on any atom is 0.377 e. The summed E-state index contributed by atoms with van der Waals surface area (Å²) in [6, 6.07) is 7.74. The van der Waals surface area contributed by atoms with E-state index in [9.17, 15) is 9.59 Å². The van der Waals surface area contributed by atoms with Gasteiger partial charge in [0.15, 0.2) is 6.61 Å². The molecule has 0 fully saturated rings. The Morgan fingerprint density at radius 2 is 2.23 bits per heavy atom. The van der Waals surface area contributed by atoms with E-state index < -0.39 is 18.5 Å². The maximum atomic E-state index is 11.7. The van der Waals surface area contributed by atoms with Crippen molar-refractivity contribution in [2.75, 3.05) is 11.9 Å². The summed E-state index contributed by atoms with van der Waals surface area (Å²) in [5.41, 5.74) is 1.01. The number of carbonyl (C=O) groups is 2. The van der Waals surface area contributed by atoms with Crippen molar-refractivity contribution in [3.8, 4) is 6.07 Å². The number of aryl methyl sites for hydroxylation is 1. The van der Waals surface area contributed by atoms with Gasteiger partial charge in [-0.05, 0) is 25.1 Å². The number of nitriles is 1. The molecule has 0 saturated heterocycles. The van der Waals surface area contributed by atoms with Crippen LogP contribution in [0.25, 0.3) is 0 Å². The highest BCUT2D eigenvalue weighted by Crippen LogP contribution is 2.20. The van der Waals surface area contributed by atoms with Gasteiger partial charge in [-0.2, -0.15) is 5.26 Å². The molecule has 1 aromatic carbocycles. The fourth-order valence-corrected chi connectivity index (χ4v) is 1.74. The van der Waals surface area contributed by atoms with Crippen LogP contribution in [-0.2, 0) is 9.53 Å². The van der Waals surface area contributed by atoms with E-state index in [1.807, 2.05) is 6.07 Å². The molecule has 112 valence electrons. The molecule has 2 rings (SSSR count). The Labute approximate surface area is 130 Å². The van der Waals surface area contributed by atoms with E-state index in [2.05, 4.69) is 10.5 Å². The predicted molar refractivity (Wildman–Crippen MR) is 76.3 cm³/mol. The van der Waals surface area contributed by atoms with Crippen LogP contribution >= 0.6 is 11.6 Å². The predicted octanol–water partition coefficient (Wildman–Crippen LogP) is 2.30. The van der Waals surface area contributed by atoms with Crippen molar-refractivity contribution in [1.29, 1.82) is 5.26 Å². The number of esters is 1. The summed E-state index contributed by atoms with van der Waals surface area (Å²) < 4.78 is 9.49. The molecule has 0 spiro atoms. The number of rotatable bonds is 4. The smallest absolute Gasteiger partial charge is 0.377 e. The van der Waals surface area contributed by atoms with Crippen molar-refractivity contribution >= 4 is 29.2 Å². The van der Waals surface area contributed by atoms with Gasteiger partial charge in [-0.25, -0.2) is 4.79 Å². The van der Waals surface area contributed by atoms with Crippen molar-refractivity contribution < 1.29 is 18.8 Å². The summed E-state index contributed by atoms with van der Waals surface area (Å²) in [4.78, 5) is 23.3. The highest BCUT2D eigenvalue weighted by atomic mass is 35.5. The first kappa shape index (κ1) is 15.5. The standard InChI is InChI=1S/C14H10ClN3O4/c1-8-4-12(22-18-8)14(20)21-7-13(19)17-11-5-10(15)3-2-9(11)6-16/h2-5H,7H2,1H3,(H,17,19). The third-order valence-corrected chi connectivity index (χ3v) is 2.77. The van der Waals surface area contributed by atoms with Crippen LogP contribution in [0.1, 0.15) is 21.8 Å². The Morgan fingerprint density at radius 1 is 1.45 bits per heavy atom. The summed E-state index contributed by atoms with van der Waals surface area (Å²) in [5, 5.41) is 15.3. The Bertz CT molecular complexity index is 764. The van der Waals surface area contributed by atoms with E-state index in [-0.39, 0.29) is 17.0 Å². The summed E-state index contributed by atoms with van der Waals surface area (Å²) in [6.45, 7) is 1.12. The highest BCUT2D eigenvalue weighted by molar-refractivity contribution is 6.31. The molecule has 0 saturated carbocycles. The second-order valence-corrected chi connectivity index (χ2v) is 4.69. The lowest BCUT2D eigenvalue weighted by molar-refractivity contribution is -0.119. The Hall–Kier alpha value is -2.85. The topological polar surface area (TPSA) is 105 Å². The van der Waals surface area contributed by atoms with E-state index in [1.165, 1.54) is 24.3 Å². The number of anilines is 1. The molecule has 22 heavy (non-hydrogen) atoms. The van der Waals surface area contributed by atoms with E-state index in [0.717, 1.165) is 0 Å². The lowest BCUT2D eigenvalue weighted by atomic mass is 10.2. The van der Waals surface area contributed by atoms with Crippen LogP contribution in [0.5, 0.6) is 0 Å². The van der Waals surface area contributed by atoms with Crippen LogP contribution in [0.3, 0.4) is 0 Å². The van der Waals surface area contributed by atoms with E-state index >= 15 is 0 Å². The lowest BCUT2D eigenvalue weighted by Crippen LogP contribution is -2.21.